The molecular formula is C13H21N3S2. The van der Waals surface area contributed by atoms with Crippen LogP contribution in [0.3, 0.4) is 0 Å². The Balaban J connectivity index is 2.03. The lowest BCUT2D eigenvalue weighted by Crippen LogP contribution is -2.49. The highest BCUT2D eigenvalue weighted by Crippen LogP contribution is 2.35. The Hall–Kier alpha value is -0.230. The highest BCUT2D eigenvalue weighted by atomic mass is 32.2. The van der Waals surface area contributed by atoms with Gasteiger partial charge in [0.1, 0.15) is 0 Å². The lowest BCUT2D eigenvalue weighted by atomic mass is 10.0. The monoisotopic (exact) mass is 283 g/mol. The van der Waals surface area contributed by atoms with Gasteiger partial charge in [-0.15, -0.1) is 0 Å². The predicted octanol–water partition coefficient (Wildman–Crippen LogP) is 2.08. The molecule has 3 atom stereocenters. The standard InChI is InChI=1S/C13H21N3S2/c1-2-12-13(18-7-6-17-12)11(16-14)8-10-4-3-5-15-9-10/h3-5,9,11-13,16H,2,6-8,14H2,1H3. The summed E-state index contributed by atoms with van der Waals surface area (Å²) in [6.45, 7) is 2.27. The Bertz CT molecular complexity index is 347. The molecule has 2 rings (SSSR count). The molecule has 1 fully saturated rings. The zero-order valence-corrected chi connectivity index (χ0v) is 12.3. The Morgan fingerprint density at radius 2 is 2.33 bits per heavy atom. The molecule has 1 saturated heterocycles. The van der Waals surface area contributed by atoms with Crippen LogP contribution in [0, 0.1) is 0 Å². The molecule has 1 aliphatic heterocycles. The Morgan fingerprint density at radius 3 is 3.00 bits per heavy atom. The molecule has 0 aliphatic carbocycles. The quantitative estimate of drug-likeness (QED) is 0.640. The molecule has 5 heteroatoms. The van der Waals surface area contributed by atoms with E-state index >= 15 is 0 Å². The third-order valence-corrected chi connectivity index (χ3v) is 6.69. The van der Waals surface area contributed by atoms with Gasteiger partial charge >= 0.3 is 0 Å². The van der Waals surface area contributed by atoms with Crippen molar-refractivity contribution < 1.29 is 0 Å². The largest absolute Gasteiger partial charge is 0.271 e. The van der Waals surface area contributed by atoms with Crippen LogP contribution < -0.4 is 11.3 Å². The molecule has 100 valence electrons. The van der Waals surface area contributed by atoms with Crippen molar-refractivity contribution in [3.63, 3.8) is 0 Å². The third kappa shape index (κ3) is 3.63. The maximum Gasteiger partial charge on any atom is 0.0381 e. The van der Waals surface area contributed by atoms with Gasteiger partial charge in [-0.2, -0.15) is 23.5 Å². The molecular weight excluding hydrogens is 262 g/mol. The molecule has 1 aliphatic rings. The lowest BCUT2D eigenvalue weighted by Gasteiger charge is -2.35. The number of rotatable bonds is 5. The van der Waals surface area contributed by atoms with Crippen LogP contribution in [0.5, 0.6) is 0 Å². The summed E-state index contributed by atoms with van der Waals surface area (Å²) in [6.07, 6.45) is 5.92. The molecule has 2 heterocycles. The average molecular weight is 283 g/mol. The van der Waals surface area contributed by atoms with E-state index in [1.807, 2.05) is 18.5 Å². The van der Waals surface area contributed by atoms with Crippen LogP contribution in [0.2, 0.25) is 0 Å². The number of nitrogens with one attached hydrogen (secondary N) is 1. The van der Waals surface area contributed by atoms with Gasteiger partial charge in [-0.1, -0.05) is 13.0 Å². The van der Waals surface area contributed by atoms with Crippen molar-refractivity contribution in [1.82, 2.24) is 10.4 Å². The minimum Gasteiger partial charge on any atom is -0.271 e. The molecule has 0 spiro atoms. The summed E-state index contributed by atoms with van der Waals surface area (Å²) in [6, 6.07) is 4.44. The lowest BCUT2D eigenvalue weighted by molar-refractivity contribution is 0.490. The molecule has 1 aromatic heterocycles. The van der Waals surface area contributed by atoms with Gasteiger partial charge in [0.25, 0.3) is 0 Å². The molecule has 0 aromatic carbocycles. The number of nitrogens with zero attached hydrogens (tertiary/aromatic N) is 1. The van der Waals surface area contributed by atoms with Crippen molar-refractivity contribution in [3.8, 4) is 0 Å². The van der Waals surface area contributed by atoms with E-state index in [0.717, 1.165) is 6.42 Å². The van der Waals surface area contributed by atoms with Crippen molar-refractivity contribution >= 4 is 23.5 Å². The van der Waals surface area contributed by atoms with Gasteiger partial charge in [0.05, 0.1) is 0 Å². The van der Waals surface area contributed by atoms with Crippen LogP contribution in [-0.2, 0) is 6.42 Å². The smallest absolute Gasteiger partial charge is 0.0381 e. The maximum absolute atomic E-state index is 5.78. The first kappa shape index (κ1) is 14.2. The molecule has 3 nitrogen and oxygen atoms in total. The second-order valence-electron chi connectivity index (χ2n) is 4.49. The topological polar surface area (TPSA) is 50.9 Å². The van der Waals surface area contributed by atoms with Crippen LogP contribution in [0.4, 0.5) is 0 Å². The van der Waals surface area contributed by atoms with Gasteiger partial charge in [-0.05, 0) is 24.5 Å². The molecule has 0 amide bonds. The van der Waals surface area contributed by atoms with E-state index in [4.69, 9.17) is 5.84 Å². The third-order valence-electron chi connectivity index (χ3n) is 3.28. The van der Waals surface area contributed by atoms with E-state index in [9.17, 15) is 0 Å². The zero-order valence-electron chi connectivity index (χ0n) is 10.7. The summed E-state index contributed by atoms with van der Waals surface area (Å²) in [4.78, 5) is 4.18. The number of pyridine rings is 1. The molecule has 18 heavy (non-hydrogen) atoms. The van der Waals surface area contributed by atoms with Gasteiger partial charge in [0, 0.05) is 40.4 Å². The van der Waals surface area contributed by atoms with E-state index in [0.29, 0.717) is 16.5 Å². The Kier molecular flexibility index (Phi) is 5.82. The summed E-state index contributed by atoms with van der Waals surface area (Å²) in [5.41, 5.74) is 4.28. The zero-order chi connectivity index (χ0) is 12.8. The number of hydrazine groups is 1. The minimum absolute atomic E-state index is 0.331. The number of aromatic nitrogens is 1. The van der Waals surface area contributed by atoms with Crippen LogP contribution in [0.1, 0.15) is 18.9 Å². The van der Waals surface area contributed by atoms with Crippen molar-refractivity contribution in [1.29, 1.82) is 0 Å². The first-order valence-electron chi connectivity index (χ1n) is 6.43. The van der Waals surface area contributed by atoms with Gasteiger partial charge in [-0.25, -0.2) is 0 Å². The molecule has 0 radical (unpaired) electrons. The van der Waals surface area contributed by atoms with E-state index < -0.39 is 0 Å². The number of thioether (sulfide) groups is 2. The van der Waals surface area contributed by atoms with Crippen molar-refractivity contribution in [2.75, 3.05) is 11.5 Å². The average Bonchev–Trinajstić information content (AvgIpc) is 2.46. The highest BCUT2D eigenvalue weighted by Gasteiger charge is 2.31. The van der Waals surface area contributed by atoms with Crippen LogP contribution in [0.15, 0.2) is 24.5 Å². The summed E-state index contributed by atoms with van der Waals surface area (Å²) >= 11 is 4.16. The fourth-order valence-electron chi connectivity index (χ4n) is 2.35. The van der Waals surface area contributed by atoms with Crippen LogP contribution in [0.25, 0.3) is 0 Å². The van der Waals surface area contributed by atoms with E-state index in [1.165, 1.54) is 23.5 Å². The highest BCUT2D eigenvalue weighted by molar-refractivity contribution is 8.07. The molecule has 0 saturated carbocycles. The Morgan fingerprint density at radius 1 is 1.50 bits per heavy atom. The van der Waals surface area contributed by atoms with Gasteiger partial charge in [0.2, 0.25) is 0 Å². The van der Waals surface area contributed by atoms with Crippen molar-refractivity contribution in [2.45, 2.75) is 36.3 Å². The summed E-state index contributed by atoms with van der Waals surface area (Å²) in [5.74, 6) is 8.28. The molecule has 3 unspecified atom stereocenters. The van der Waals surface area contributed by atoms with E-state index in [1.54, 1.807) is 0 Å². The summed E-state index contributed by atoms with van der Waals surface area (Å²) in [7, 11) is 0. The van der Waals surface area contributed by atoms with Gasteiger partial charge < -0.3 is 0 Å². The van der Waals surface area contributed by atoms with Gasteiger partial charge in [0.15, 0.2) is 0 Å². The maximum atomic E-state index is 5.78. The van der Waals surface area contributed by atoms with Crippen LogP contribution >= 0.6 is 23.5 Å². The fourth-order valence-corrected chi connectivity index (χ4v) is 5.60. The number of nitrogens with two attached hydrogens (primary N) is 1. The van der Waals surface area contributed by atoms with E-state index in [2.05, 4.69) is 46.9 Å². The Labute approximate surface area is 118 Å². The normalized spacial score (nSPS) is 25.9. The SMILES string of the molecule is CCC1SCCSC1C(Cc1cccnc1)NN. The second-order valence-corrected chi connectivity index (χ2v) is 7.12. The van der Waals surface area contributed by atoms with E-state index in [-0.39, 0.29) is 0 Å². The fraction of sp³-hybridized carbons (Fsp3) is 0.615. The predicted molar refractivity (Wildman–Crippen MR) is 81.8 cm³/mol. The van der Waals surface area contributed by atoms with Crippen molar-refractivity contribution in [3.05, 3.63) is 30.1 Å². The number of hydrogen-bond acceptors (Lipinski definition) is 5. The molecule has 3 N–H and O–H groups in total. The first-order valence-corrected chi connectivity index (χ1v) is 8.53. The molecule has 0 bridgehead atoms. The van der Waals surface area contributed by atoms with Crippen molar-refractivity contribution in [2.24, 2.45) is 5.84 Å². The second kappa shape index (κ2) is 7.38. The first-order chi connectivity index (χ1) is 8.85. The summed E-state index contributed by atoms with van der Waals surface area (Å²) in [5, 5.41) is 1.31. The van der Waals surface area contributed by atoms with Gasteiger partial charge in [-0.3, -0.25) is 16.3 Å². The molecule has 1 aromatic rings. The minimum atomic E-state index is 0.331. The summed E-state index contributed by atoms with van der Waals surface area (Å²) < 4.78 is 0. The van der Waals surface area contributed by atoms with Crippen LogP contribution in [-0.4, -0.2) is 33.0 Å². The number of hydrogen-bond donors (Lipinski definition) is 2.